The van der Waals surface area contributed by atoms with Crippen LogP contribution in [0.3, 0.4) is 0 Å². The fourth-order valence-corrected chi connectivity index (χ4v) is 2.04. The topological polar surface area (TPSA) is 48.4 Å². The zero-order valence-electron chi connectivity index (χ0n) is 9.89. The molecule has 0 aliphatic carbocycles. The number of nitrogens with zero attached hydrogens (tertiary/aromatic N) is 1. The Bertz CT molecular complexity index is 509. The van der Waals surface area contributed by atoms with Crippen molar-refractivity contribution >= 4 is 27.7 Å². The van der Waals surface area contributed by atoms with E-state index in [9.17, 15) is 4.79 Å². The number of ether oxygens (including phenoxy) is 2. The standard InChI is InChI=1S/C12H13NO3S/c1-12(2,3)16-11(14)15-10-13-8-6-4-5-7-9(8)17-10/h4-7H,1-3H3. The van der Waals surface area contributed by atoms with Gasteiger partial charge in [-0.1, -0.05) is 23.5 Å². The first-order valence-electron chi connectivity index (χ1n) is 5.20. The smallest absolute Gasteiger partial charge is 0.428 e. The Balaban J connectivity index is 2.11. The predicted octanol–water partition coefficient (Wildman–Crippen LogP) is 3.61. The van der Waals surface area contributed by atoms with Crippen LogP contribution in [-0.4, -0.2) is 16.7 Å². The average Bonchev–Trinajstić information content (AvgIpc) is 2.55. The van der Waals surface area contributed by atoms with Crippen molar-refractivity contribution in [2.24, 2.45) is 0 Å². The fourth-order valence-electron chi connectivity index (χ4n) is 1.24. The third-order valence-corrected chi connectivity index (χ3v) is 2.75. The number of fused-ring (bicyclic) bond motifs is 1. The monoisotopic (exact) mass is 251 g/mol. The Morgan fingerprint density at radius 1 is 1.29 bits per heavy atom. The van der Waals surface area contributed by atoms with E-state index in [0.717, 1.165) is 10.2 Å². The highest BCUT2D eigenvalue weighted by Crippen LogP contribution is 2.27. The zero-order chi connectivity index (χ0) is 12.5. The molecule has 0 atom stereocenters. The lowest BCUT2D eigenvalue weighted by atomic mass is 10.2. The van der Waals surface area contributed by atoms with Gasteiger partial charge >= 0.3 is 6.16 Å². The van der Waals surface area contributed by atoms with Gasteiger partial charge in [-0.25, -0.2) is 9.78 Å². The summed E-state index contributed by atoms with van der Waals surface area (Å²) in [7, 11) is 0. The van der Waals surface area contributed by atoms with Crippen LogP contribution in [0.1, 0.15) is 20.8 Å². The molecule has 4 nitrogen and oxygen atoms in total. The number of hydrogen-bond acceptors (Lipinski definition) is 5. The van der Waals surface area contributed by atoms with E-state index < -0.39 is 11.8 Å². The lowest BCUT2D eigenvalue weighted by Crippen LogP contribution is -2.25. The van der Waals surface area contributed by atoms with Crippen LogP contribution in [0.4, 0.5) is 4.79 Å². The molecule has 0 N–H and O–H groups in total. The summed E-state index contributed by atoms with van der Waals surface area (Å²) < 4.78 is 11.0. The maximum atomic E-state index is 11.4. The van der Waals surface area contributed by atoms with Crippen molar-refractivity contribution in [3.63, 3.8) is 0 Å². The van der Waals surface area contributed by atoms with Gasteiger partial charge in [0.25, 0.3) is 5.19 Å². The highest BCUT2D eigenvalue weighted by molar-refractivity contribution is 7.20. The van der Waals surface area contributed by atoms with Crippen molar-refractivity contribution in [1.82, 2.24) is 4.98 Å². The van der Waals surface area contributed by atoms with E-state index in [-0.39, 0.29) is 0 Å². The summed E-state index contributed by atoms with van der Waals surface area (Å²) >= 11 is 1.32. The number of rotatable bonds is 1. The predicted molar refractivity (Wildman–Crippen MR) is 66.5 cm³/mol. The Hall–Kier alpha value is -1.62. The van der Waals surface area contributed by atoms with Crippen LogP contribution < -0.4 is 4.74 Å². The molecule has 0 saturated carbocycles. The first-order chi connectivity index (χ1) is 7.94. The van der Waals surface area contributed by atoms with Crippen molar-refractivity contribution < 1.29 is 14.3 Å². The maximum Gasteiger partial charge on any atom is 0.516 e. The molecule has 90 valence electrons. The minimum atomic E-state index is -0.725. The van der Waals surface area contributed by atoms with Crippen LogP contribution in [0.15, 0.2) is 24.3 Å². The van der Waals surface area contributed by atoms with Gasteiger partial charge in [-0.2, -0.15) is 0 Å². The van der Waals surface area contributed by atoms with Crippen molar-refractivity contribution in [3.8, 4) is 5.19 Å². The van der Waals surface area contributed by atoms with Crippen molar-refractivity contribution in [2.45, 2.75) is 26.4 Å². The molecule has 0 aliphatic heterocycles. The maximum absolute atomic E-state index is 11.4. The Morgan fingerprint density at radius 3 is 2.65 bits per heavy atom. The molecule has 0 aliphatic rings. The van der Waals surface area contributed by atoms with Gasteiger partial charge in [-0.15, -0.1) is 0 Å². The van der Waals surface area contributed by atoms with Gasteiger partial charge in [-0.05, 0) is 32.9 Å². The van der Waals surface area contributed by atoms with Gasteiger partial charge in [0.1, 0.15) is 5.60 Å². The third kappa shape index (κ3) is 3.17. The average molecular weight is 251 g/mol. The summed E-state index contributed by atoms with van der Waals surface area (Å²) in [6.07, 6.45) is -0.725. The molecule has 0 amide bonds. The number of carbonyl (C=O) groups is 1. The molecule has 2 rings (SSSR count). The van der Waals surface area contributed by atoms with Crippen LogP contribution in [-0.2, 0) is 4.74 Å². The lowest BCUT2D eigenvalue weighted by molar-refractivity contribution is 0.0206. The molecule has 17 heavy (non-hydrogen) atoms. The number of thiazole rings is 1. The normalized spacial score (nSPS) is 11.5. The molecule has 1 aromatic heterocycles. The number of hydrogen-bond donors (Lipinski definition) is 0. The van der Waals surface area contributed by atoms with E-state index in [0.29, 0.717) is 5.19 Å². The van der Waals surface area contributed by atoms with E-state index in [4.69, 9.17) is 9.47 Å². The summed E-state index contributed by atoms with van der Waals surface area (Å²) in [5.41, 5.74) is 0.254. The van der Waals surface area contributed by atoms with Gasteiger partial charge < -0.3 is 9.47 Å². The zero-order valence-corrected chi connectivity index (χ0v) is 10.7. The number of benzene rings is 1. The quantitative estimate of drug-likeness (QED) is 0.726. The molecule has 1 heterocycles. The Kier molecular flexibility index (Phi) is 3.02. The second-order valence-corrected chi connectivity index (χ2v) is 5.51. The molecular weight excluding hydrogens is 238 g/mol. The SMILES string of the molecule is CC(C)(C)OC(=O)Oc1nc2ccccc2s1. The molecule has 0 saturated heterocycles. The molecule has 0 fully saturated rings. The molecular formula is C12H13NO3S. The third-order valence-electron chi connectivity index (χ3n) is 1.83. The van der Waals surface area contributed by atoms with E-state index in [1.54, 1.807) is 20.8 Å². The van der Waals surface area contributed by atoms with Crippen molar-refractivity contribution in [3.05, 3.63) is 24.3 Å². The summed E-state index contributed by atoms with van der Waals surface area (Å²) in [6.45, 7) is 5.35. The van der Waals surface area contributed by atoms with E-state index in [1.807, 2.05) is 24.3 Å². The summed E-state index contributed by atoms with van der Waals surface area (Å²) in [4.78, 5) is 15.6. The molecule has 0 radical (unpaired) electrons. The molecule has 0 spiro atoms. The van der Waals surface area contributed by atoms with Crippen molar-refractivity contribution in [2.75, 3.05) is 0 Å². The molecule has 1 aromatic carbocycles. The number of aromatic nitrogens is 1. The lowest BCUT2D eigenvalue weighted by Gasteiger charge is -2.17. The van der Waals surface area contributed by atoms with E-state index >= 15 is 0 Å². The highest BCUT2D eigenvalue weighted by atomic mass is 32.1. The van der Waals surface area contributed by atoms with Crippen molar-refractivity contribution in [1.29, 1.82) is 0 Å². The van der Waals surface area contributed by atoms with Crippen LogP contribution >= 0.6 is 11.3 Å². The first kappa shape index (κ1) is 11.9. The molecule has 0 unspecified atom stereocenters. The van der Waals surface area contributed by atoms with Gasteiger partial charge in [0.15, 0.2) is 0 Å². The minimum Gasteiger partial charge on any atom is -0.428 e. The van der Waals surface area contributed by atoms with Crippen LogP contribution in [0.5, 0.6) is 5.19 Å². The number of para-hydroxylation sites is 1. The first-order valence-corrected chi connectivity index (χ1v) is 6.02. The molecule has 5 heteroatoms. The van der Waals surface area contributed by atoms with Gasteiger partial charge in [0, 0.05) is 0 Å². The molecule has 2 aromatic rings. The van der Waals surface area contributed by atoms with Gasteiger partial charge in [-0.3, -0.25) is 0 Å². The highest BCUT2D eigenvalue weighted by Gasteiger charge is 2.19. The van der Waals surface area contributed by atoms with Crippen LogP contribution in [0, 0.1) is 0 Å². The van der Waals surface area contributed by atoms with Crippen LogP contribution in [0.25, 0.3) is 10.2 Å². The van der Waals surface area contributed by atoms with Gasteiger partial charge in [0.2, 0.25) is 0 Å². The molecule has 0 bridgehead atoms. The van der Waals surface area contributed by atoms with Crippen LogP contribution in [0.2, 0.25) is 0 Å². The second kappa shape index (κ2) is 4.33. The Labute approximate surface area is 103 Å². The summed E-state index contributed by atoms with van der Waals surface area (Å²) in [6, 6.07) is 7.60. The summed E-state index contributed by atoms with van der Waals surface area (Å²) in [5.74, 6) is 0. The van der Waals surface area contributed by atoms with Gasteiger partial charge in [0.05, 0.1) is 10.2 Å². The Morgan fingerprint density at radius 2 is 2.00 bits per heavy atom. The summed E-state index contributed by atoms with van der Waals surface area (Å²) in [5, 5.41) is 0.306. The second-order valence-electron chi connectivity index (χ2n) is 4.51. The van der Waals surface area contributed by atoms with E-state index in [1.165, 1.54) is 11.3 Å². The largest absolute Gasteiger partial charge is 0.516 e. The fraction of sp³-hybridized carbons (Fsp3) is 0.333. The number of carbonyl (C=O) groups excluding carboxylic acids is 1. The van der Waals surface area contributed by atoms with E-state index in [2.05, 4.69) is 4.98 Å². The minimum absolute atomic E-state index is 0.306.